The molecule has 2 heterocycles. The molecule has 1 fully saturated rings. The molecule has 2 amide bonds. The Labute approximate surface area is 168 Å². The number of nitrogens with zero attached hydrogens (tertiary/aromatic N) is 1. The Morgan fingerprint density at radius 2 is 1.97 bits per heavy atom. The normalized spacial score (nSPS) is 17.4. The number of carbonyl (C=O) groups excluding carboxylic acids is 2. The lowest BCUT2D eigenvalue weighted by Gasteiger charge is -2.17. The number of ether oxygens (including phenoxy) is 4. The Balaban J connectivity index is 1.40. The summed E-state index contributed by atoms with van der Waals surface area (Å²) in [5.41, 5.74) is 1.47. The molecule has 1 N–H and O–H groups in total. The van der Waals surface area contributed by atoms with Crippen molar-refractivity contribution in [1.29, 1.82) is 0 Å². The molecule has 0 bridgehead atoms. The first-order chi connectivity index (χ1) is 14.1. The fourth-order valence-electron chi connectivity index (χ4n) is 3.50. The molecule has 1 saturated heterocycles. The van der Waals surface area contributed by atoms with Crippen molar-refractivity contribution >= 4 is 17.5 Å². The number of carbonyl (C=O) groups is 2. The molecule has 152 valence electrons. The fraction of sp³-hybridized carbons (Fsp3) is 0.333. The van der Waals surface area contributed by atoms with Crippen LogP contribution in [0, 0.1) is 5.92 Å². The topological polar surface area (TPSA) is 86.3 Å². The van der Waals surface area contributed by atoms with Crippen molar-refractivity contribution in [2.24, 2.45) is 5.92 Å². The summed E-state index contributed by atoms with van der Waals surface area (Å²) in [6.45, 7) is 0.987. The highest BCUT2D eigenvalue weighted by Crippen LogP contribution is 2.34. The van der Waals surface area contributed by atoms with E-state index in [1.54, 1.807) is 30.2 Å². The van der Waals surface area contributed by atoms with Crippen molar-refractivity contribution in [2.75, 3.05) is 32.9 Å². The molecule has 2 aliphatic heterocycles. The second kappa shape index (κ2) is 7.90. The second-order valence-electron chi connectivity index (χ2n) is 6.92. The minimum absolute atomic E-state index is 0.0514. The quantitative estimate of drug-likeness (QED) is 0.804. The molecule has 0 radical (unpaired) electrons. The van der Waals surface area contributed by atoms with Gasteiger partial charge in [-0.2, -0.15) is 0 Å². The van der Waals surface area contributed by atoms with Crippen LogP contribution in [0.1, 0.15) is 12.0 Å². The summed E-state index contributed by atoms with van der Waals surface area (Å²) in [6, 6.07) is 10.8. The number of rotatable bonds is 6. The van der Waals surface area contributed by atoms with Crippen LogP contribution in [-0.4, -0.2) is 44.3 Å². The van der Waals surface area contributed by atoms with E-state index in [4.69, 9.17) is 18.9 Å². The predicted octanol–water partition coefficient (Wildman–Crippen LogP) is 2.42. The maximum Gasteiger partial charge on any atom is 0.231 e. The van der Waals surface area contributed by atoms with Crippen LogP contribution in [0.4, 0.5) is 5.69 Å². The highest BCUT2D eigenvalue weighted by molar-refractivity contribution is 5.98. The van der Waals surface area contributed by atoms with Gasteiger partial charge in [0.15, 0.2) is 11.5 Å². The van der Waals surface area contributed by atoms with E-state index < -0.39 is 5.92 Å². The molecule has 0 aliphatic carbocycles. The number of benzene rings is 2. The minimum Gasteiger partial charge on any atom is -0.497 e. The minimum atomic E-state index is -0.427. The first-order valence-electron chi connectivity index (χ1n) is 9.26. The van der Waals surface area contributed by atoms with Crippen molar-refractivity contribution in [3.05, 3.63) is 42.0 Å². The first kappa shape index (κ1) is 18.9. The molecule has 2 aromatic carbocycles. The van der Waals surface area contributed by atoms with Crippen LogP contribution in [-0.2, 0) is 16.1 Å². The molecule has 2 aliphatic rings. The lowest BCUT2D eigenvalue weighted by Crippen LogP contribution is -2.28. The molecule has 4 rings (SSSR count). The number of amides is 2. The third kappa shape index (κ3) is 3.91. The summed E-state index contributed by atoms with van der Waals surface area (Å²) in [4.78, 5) is 26.8. The van der Waals surface area contributed by atoms with Crippen LogP contribution in [0.3, 0.4) is 0 Å². The number of hydrogen-bond donors (Lipinski definition) is 1. The zero-order valence-corrected chi connectivity index (χ0v) is 16.3. The molecule has 8 heteroatoms. The van der Waals surface area contributed by atoms with Crippen molar-refractivity contribution < 1.29 is 28.5 Å². The Hall–Kier alpha value is -3.42. The maximum absolute atomic E-state index is 12.7. The summed E-state index contributed by atoms with van der Waals surface area (Å²) in [5.74, 6) is 1.81. The monoisotopic (exact) mass is 398 g/mol. The lowest BCUT2D eigenvalue weighted by molar-refractivity contribution is -0.128. The predicted molar refractivity (Wildman–Crippen MR) is 104 cm³/mol. The first-order valence-corrected chi connectivity index (χ1v) is 9.26. The Kier molecular flexibility index (Phi) is 5.16. The molecule has 8 nitrogen and oxygen atoms in total. The molecule has 0 aromatic heterocycles. The van der Waals surface area contributed by atoms with Gasteiger partial charge in [-0.05, 0) is 29.8 Å². The molecule has 1 atom stereocenters. The Morgan fingerprint density at radius 3 is 2.76 bits per heavy atom. The van der Waals surface area contributed by atoms with Gasteiger partial charge in [-0.25, -0.2) is 0 Å². The van der Waals surface area contributed by atoms with E-state index in [2.05, 4.69) is 5.32 Å². The second-order valence-corrected chi connectivity index (χ2v) is 6.92. The largest absolute Gasteiger partial charge is 0.497 e. The molecule has 29 heavy (non-hydrogen) atoms. The van der Waals surface area contributed by atoms with Gasteiger partial charge in [0.1, 0.15) is 11.5 Å². The fourth-order valence-corrected chi connectivity index (χ4v) is 3.50. The van der Waals surface area contributed by atoms with E-state index in [9.17, 15) is 9.59 Å². The summed E-state index contributed by atoms with van der Waals surface area (Å²) in [5, 5.41) is 2.86. The van der Waals surface area contributed by atoms with Gasteiger partial charge >= 0.3 is 0 Å². The van der Waals surface area contributed by atoms with Gasteiger partial charge in [0, 0.05) is 25.6 Å². The highest BCUT2D eigenvalue weighted by atomic mass is 16.7. The Bertz CT molecular complexity index is 945. The smallest absolute Gasteiger partial charge is 0.231 e. The van der Waals surface area contributed by atoms with E-state index in [-0.39, 0.29) is 25.0 Å². The summed E-state index contributed by atoms with van der Waals surface area (Å²) in [7, 11) is 3.09. The summed E-state index contributed by atoms with van der Waals surface area (Å²) in [6.07, 6.45) is 0.175. The van der Waals surface area contributed by atoms with Crippen molar-refractivity contribution in [1.82, 2.24) is 4.90 Å². The standard InChI is InChI=1S/C21H22N2O6/c1-26-15-4-5-16(18(9-15)27-2)22-21(25)14-8-20(24)23(11-14)10-13-3-6-17-19(7-13)29-12-28-17/h3-7,9,14H,8,10-12H2,1-2H3,(H,22,25). The van der Waals surface area contributed by atoms with Crippen molar-refractivity contribution in [3.63, 3.8) is 0 Å². The number of fused-ring (bicyclic) bond motifs is 1. The van der Waals surface area contributed by atoms with Crippen LogP contribution < -0.4 is 24.3 Å². The molecular weight excluding hydrogens is 376 g/mol. The number of anilines is 1. The maximum atomic E-state index is 12.7. The lowest BCUT2D eigenvalue weighted by atomic mass is 10.1. The van der Waals surface area contributed by atoms with Crippen molar-refractivity contribution in [2.45, 2.75) is 13.0 Å². The van der Waals surface area contributed by atoms with Gasteiger partial charge in [0.25, 0.3) is 0 Å². The molecule has 0 saturated carbocycles. The van der Waals surface area contributed by atoms with Gasteiger partial charge in [0.05, 0.1) is 25.8 Å². The molecular formula is C21H22N2O6. The van der Waals surface area contributed by atoms with Crippen LogP contribution >= 0.6 is 0 Å². The Morgan fingerprint density at radius 1 is 1.14 bits per heavy atom. The number of hydrogen-bond acceptors (Lipinski definition) is 6. The van der Waals surface area contributed by atoms with E-state index in [1.165, 1.54) is 7.11 Å². The van der Waals surface area contributed by atoms with Crippen molar-refractivity contribution in [3.8, 4) is 23.0 Å². The van der Waals surface area contributed by atoms with Gasteiger partial charge in [-0.3, -0.25) is 9.59 Å². The van der Waals surface area contributed by atoms with Gasteiger partial charge in [-0.15, -0.1) is 0 Å². The molecule has 1 unspecified atom stereocenters. The van der Waals surface area contributed by atoms with E-state index >= 15 is 0 Å². The molecule has 2 aromatic rings. The van der Waals surface area contributed by atoms with Gasteiger partial charge in [-0.1, -0.05) is 6.07 Å². The van der Waals surface area contributed by atoms with E-state index in [0.717, 1.165) is 5.56 Å². The highest BCUT2D eigenvalue weighted by Gasteiger charge is 2.34. The third-order valence-corrected chi connectivity index (χ3v) is 5.06. The number of methoxy groups -OCH3 is 2. The summed E-state index contributed by atoms with van der Waals surface area (Å²) >= 11 is 0. The average Bonchev–Trinajstić information content (AvgIpc) is 3.34. The summed E-state index contributed by atoms with van der Waals surface area (Å²) < 4.78 is 21.2. The zero-order chi connectivity index (χ0) is 20.4. The van der Waals surface area contributed by atoms with Gasteiger partial charge < -0.3 is 29.2 Å². The van der Waals surface area contributed by atoms with Crippen LogP contribution in [0.15, 0.2) is 36.4 Å². The van der Waals surface area contributed by atoms with E-state index in [1.807, 2.05) is 18.2 Å². The van der Waals surface area contributed by atoms with Crippen LogP contribution in [0.5, 0.6) is 23.0 Å². The number of nitrogens with one attached hydrogen (secondary N) is 1. The molecule has 0 spiro atoms. The third-order valence-electron chi connectivity index (χ3n) is 5.06. The van der Waals surface area contributed by atoms with E-state index in [0.29, 0.717) is 41.8 Å². The van der Waals surface area contributed by atoms with Gasteiger partial charge in [0.2, 0.25) is 18.6 Å². The SMILES string of the molecule is COc1ccc(NC(=O)C2CC(=O)N(Cc3ccc4c(c3)OCO4)C2)c(OC)c1. The number of likely N-dealkylation sites (tertiary alicyclic amines) is 1. The van der Waals surface area contributed by atoms with Crippen LogP contribution in [0.25, 0.3) is 0 Å². The zero-order valence-electron chi connectivity index (χ0n) is 16.3. The average molecular weight is 398 g/mol. The van der Waals surface area contributed by atoms with Crippen LogP contribution in [0.2, 0.25) is 0 Å².